The third-order valence-electron chi connectivity index (χ3n) is 3.93. The second kappa shape index (κ2) is 8.29. The van der Waals surface area contributed by atoms with Gasteiger partial charge in [-0.25, -0.2) is 4.79 Å². The molecule has 0 spiro atoms. The number of piperazine rings is 1. The fourth-order valence-electron chi connectivity index (χ4n) is 2.68. The summed E-state index contributed by atoms with van der Waals surface area (Å²) in [6, 6.07) is 5.16. The average molecular weight is 364 g/mol. The van der Waals surface area contributed by atoms with E-state index in [2.05, 4.69) is 0 Å². The Labute approximate surface area is 154 Å². The second-order valence-corrected chi connectivity index (χ2v) is 7.06. The summed E-state index contributed by atoms with van der Waals surface area (Å²) >= 11 is 0. The molecule has 0 N–H and O–H groups in total. The highest BCUT2D eigenvalue weighted by atomic mass is 16.6. The Morgan fingerprint density at radius 2 is 1.65 bits per heavy atom. The van der Waals surface area contributed by atoms with Gasteiger partial charge >= 0.3 is 6.09 Å². The molecule has 0 radical (unpaired) electrons. The molecule has 0 bridgehead atoms. The zero-order chi connectivity index (χ0) is 19.3. The van der Waals surface area contributed by atoms with E-state index in [0.29, 0.717) is 49.8 Å². The molecule has 2 rings (SSSR count). The Balaban J connectivity index is 1.99. The molecule has 0 unspecified atom stereocenters. The molecule has 1 heterocycles. The van der Waals surface area contributed by atoms with Crippen molar-refractivity contribution in [3.63, 3.8) is 0 Å². The molecule has 26 heavy (non-hydrogen) atoms. The molecule has 1 aromatic carbocycles. The average Bonchev–Trinajstić information content (AvgIpc) is 2.60. The molecule has 144 valence electrons. The van der Waals surface area contributed by atoms with E-state index in [1.54, 1.807) is 35.1 Å². The predicted octanol–water partition coefficient (Wildman–Crippen LogP) is 2.79. The number of carbonyl (C=O) groups is 2. The maximum atomic E-state index is 12.7. The number of methoxy groups -OCH3 is 1. The summed E-state index contributed by atoms with van der Waals surface area (Å²) in [7, 11) is 1.55. The highest BCUT2D eigenvalue weighted by Crippen LogP contribution is 2.28. The van der Waals surface area contributed by atoms with E-state index >= 15 is 0 Å². The molecule has 1 aliphatic heterocycles. The van der Waals surface area contributed by atoms with Gasteiger partial charge in [0.25, 0.3) is 5.91 Å². The highest BCUT2D eigenvalue weighted by molar-refractivity contribution is 5.95. The number of hydrogen-bond donors (Lipinski definition) is 0. The molecule has 0 atom stereocenters. The monoisotopic (exact) mass is 364 g/mol. The lowest BCUT2D eigenvalue weighted by molar-refractivity contribution is 0.0141. The Hall–Kier alpha value is -2.44. The van der Waals surface area contributed by atoms with Gasteiger partial charge in [-0.15, -0.1) is 0 Å². The van der Waals surface area contributed by atoms with Gasteiger partial charge in [0, 0.05) is 31.7 Å². The van der Waals surface area contributed by atoms with Crippen LogP contribution in [0.1, 0.15) is 38.1 Å². The fourth-order valence-corrected chi connectivity index (χ4v) is 2.68. The van der Waals surface area contributed by atoms with Crippen molar-refractivity contribution in [2.45, 2.75) is 33.3 Å². The standard InChI is InChI=1S/C19H28N2O5/c1-6-25-15-8-7-14(13-16(15)24-5)17(22)20-9-11-21(12-10-20)18(23)26-19(2,3)4/h7-8,13H,6,9-12H2,1-5H3. The summed E-state index contributed by atoms with van der Waals surface area (Å²) in [6.07, 6.45) is -0.340. The van der Waals surface area contributed by atoms with Gasteiger partial charge in [0.1, 0.15) is 5.60 Å². The quantitative estimate of drug-likeness (QED) is 0.822. The second-order valence-electron chi connectivity index (χ2n) is 7.06. The number of carbonyl (C=O) groups excluding carboxylic acids is 2. The van der Waals surface area contributed by atoms with Crippen molar-refractivity contribution in [3.05, 3.63) is 23.8 Å². The summed E-state index contributed by atoms with van der Waals surface area (Å²) < 4.78 is 16.2. The number of hydrogen-bond acceptors (Lipinski definition) is 5. The molecule has 0 saturated carbocycles. The van der Waals surface area contributed by atoms with E-state index in [1.165, 1.54) is 0 Å². The highest BCUT2D eigenvalue weighted by Gasteiger charge is 2.28. The van der Waals surface area contributed by atoms with Crippen LogP contribution < -0.4 is 9.47 Å². The molecule has 0 aliphatic carbocycles. The van der Waals surface area contributed by atoms with Crippen LogP contribution in [0.2, 0.25) is 0 Å². The van der Waals surface area contributed by atoms with Gasteiger partial charge in [-0.05, 0) is 45.9 Å². The molecule has 1 aromatic rings. The van der Waals surface area contributed by atoms with E-state index in [4.69, 9.17) is 14.2 Å². The summed E-state index contributed by atoms with van der Waals surface area (Å²) in [6.45, 7) is 9.77. The Morgan fingerprint density at radius 3 is 2.19 bits per heavy atom. The third-order valence-corrected chi connectivity index (χ3v) is 3.93. The summed E-state index contributed by atoms with van der Waals surface area (Å²) in [5.74, 6) is 1.06. The maximum Gasteiger partial charge on any atom is 0.410 e. The van der Waals surface area contributed by atoms with Crippen molar-refractivity contribution in [3.8, 4) is 11.5 Å². The molecule has 1 aliphatic rings. The topological polar surface area (TPSA) is 68.3 Å². The fraction of sp³-hybridized carbons (Fsp3) is 0.579. The Kier molecular flexibility index (Phi) is 6.34. The van der Waals surface area contributed by atoms with Crippen LogP contribution in [0.15, 0.2) is 18.2 Å². The molecule has 0 aromatic heterocycles. The zero-order valence-electron chi connectivity index (χ0n) is 16.2. The van der Waals surface area contributed by atoms with Gasteiger partial charge in [-0.1, -0.05) is 0 Å². The molecule has 7 heteroatoms. The number of rotatable bonds is 4. The zero-order valence-corrected chi connectivity index (χ0v) is 16.2. The molecule has 7 nitrogen and oxygen atoms in total. The largest absolute Gasteiger partial charge is 0.493 e. The maximum absolute atomic E-state index is 12.7. The number of nitrogens with zero attached hydrogens (tertiary/aromatic N) is 2. The van der Waals surface area contributed by atoms with Crippen molar-refractivity contribution in [1.82, 2.24) is 9.80 Å². The van der Waals surface area contributed by atoms with Crippen LogP contribution in [0.3, 0.4) is 0 Å². The first-order valence-corrected chi connectivity index (χ1v) is 8.83. The van der Waals surface area contributed by atoms with Crippen LogP contribution in [0.5, 0.6) is 11.5 Å². The van der Waals surface area contributed by atoms with Gasteiger partial charge in [-0.2, -0.15) is 0 Å². The van der Waals surface area contributed by atoms with Crippen LogP contribution >= 0.6 is 0 Å². The van der Waals surface area contributed by atoms with E-state index in [-0.39, 0.29) is 12.0 Å². The normalized spacial score (nSPS) is 14.8. The minimum Gasteiger partial charge on any atom is -0.493 e. The van der Waals surface area contributed by atoms with E-state index in [9.17, 15) is 9.59 Å². The smallest absolute Gasteiger partial charge is 0.410 e. The third kappa shape index (κ3) is 5.03. The van der Waals surface area contributed by atoms with Crippen LogP contribution in [-0.2, 0) is 4.74 Å². The first kappa shape index (κ1) is 19.9. The van der Waals surface area contributed by atoms with Crippen molar-refractivity contribution in [2.75, 3.05) is 39.9 Å². The van der Waals surface area contributed by atoms with Crippen LogP contribution in [-0.4, -0.2) is 67.3 Å². The first-order chi connectivity index (χ1) is 12.2. The number of ether oxygens (including phenoxy) is 3. The Morgan fingerprint density at radius 1 is 1.04 bits per heavy atom. The summed E-state index contributed by atoms with van der Waals surface area (Å²) in [5.41, 5.74) is 0.0131. The van der Waals surface area contributed by atoms with E-state index in [1.807, 2.05) is 27.7 Å². The van der Waals surface area contributed by atoms with Crippen molar-refractivity contribution in [2.24, 2.45) is 0 Å². The van der Waals surface area contributed by atoms with Crippen LogP contribution in [0.4, 0.5) is 4.79 Å². The van der Waals surface area contributed by atoms with Crippen LogP contribution in [0, 0.1) is 0 Å². The molecule has 2 amide bonds. The van der Waals surface area contributed by atoms with Gasteiger partial charge in [0.15, 0.2) is 11.5 Å². The minimum absolute atomic E-state index is 0.0878. The molecular weight excluding hydrogens is 336 g/mol. The molecular formula is C19H28N2O5. The van der Waals surface area contributed by atoms with Gasteiger partial charge in [-0.3, -0.25) is 4.79 Å². The summed E-state index contributed by atoms with van der Waals surface area (Å²) in [5, 5.41) is 0. The van der Waals surface area contributed by atoms with Crippen LogP contribution in [0.25, 0.3) is 0 Å². The summed E-state index contributed by atoms with van der Waals surface area (Å²) in [4.78, 5) is 28.2. The van der Waals surface area contributed by atoms with Gasteiger partial charge < -0.3 is 24.0 Å². The van der Waals surface area contributed by atoms with E-state index in [0.717, 1.165) is 0 Å². The van der Waals surface area contributed by atoms with Crippen molar-refractivity contribution >= 4 is 12.0 Å². The number of benzene rings is 1. The Bertz CT molecular complexity index is 646. The lowest BCUT2D eigenvalue weighted by Gasteiger charge is -2.35. The van der Waals surface area contributed by atoms with Crippen molar-refractivity contribution < 1.29 is 23.8 Å². The lowest BCUT2D eigenvalue weighted by Crippen LogP contribution is -2.51. The van der Waals surface area contributed by atoms with E-state index < -0.39 is 5.60 Å². The lowest BCUT2D eigenvalue weighted by atomic mass is 10.1. The minimum atomic E-state index is -0.525. The van der Waals surface area contributed by atoms with Gasteiger partial charge in [0.2, 0.25) is 0 Å². The van der Waals surface area contributed by atoms with Gasteiger partial charge in [0.05, 0.1) is 13.7 Å². The first-order valence-electron chi connectivity index (χ1n) is 8.83. The molecule has 1 saturated heterocycles. The molecule has 1 fully saturated rings. The number of amides is 2. The van der Waals surface area contributed by atoms with Crippen molar-refractivity contribution in [1.29, 1.82) is 0 Å². The SMILES string of the molecule is CCOc1ccc(C(=O)N2CCN(C(=O)OC(C)(C)C)CC2)cc1OC. The predicted molar refractivity (Wildman–Crippen MR) is 97.9 cm³/mol.